The number of nitrogens with zero attached hydrogens (tertiary/aromatic N) is 2. The fourth-order valence-electron chi connectivity index (χ4n) is 2.39. The Bertz CT molecular complexity index is 1000. The molecule has 7 heteroatoms. The summed E-state index contributed by atoms with van der Waals surface area (Å²) < 4.78 is 15.0. The molecule has 1 N–H and O–H groups in total. The van der Waals surface area contributed by atoms with Crippen molar-refractivity contribution >= 4 is 34.1 Å². The Morgan fingerprint density at radius 3 is 2.83 bits per heavy atom. The maximum atomic E-state index is 13.8. The molecule has 0 radical (unpaired) electrons. The van der Waals surface area contributed by atoms with E-state index >= 15 is 0 Å². The lowest BCUT2D eigenvalue weighted by Crippen LogP contribution is -2.28. The molecule has 0 aliphatic rings. The second kappa shape index (κ2) is 6.41. The number of carbonyl (C=O) groups is 1. The summed E-state index contributed by atoms with van der Waals surface area (Å²) in [4.78, 5) is 28.8. The Balaban J connectivity index is 1.87. The number of fused-ring (bicyclic) bond motifs is 1. The predicted molar refractivity (Wildman–Crippen MR) is 90.8 cm³/mol. The Kier molecular flexibility index (Phi) is 4.31. The Morgan fingerprint density at radius 2 is 2.04 bits per heavy atom. The third kappa shape index (κ3) is 3.00. The average molecular weight is 346 g/mol. The van der Waals surface area contributed by atoms with E-state index < -0.39 is 11.7 Å². The van der Waals surface area contributed by atoms with Crippen LogP contribution in [0.5, 0.6) is 0 Å². The van der Waals surface area contributed by atoms with Crippen LogP contribution >= 0.6 is 11.6 Å². The van der Waals surface area contributed by atoms with Gasteiger partial charge in [-0.25, -0.2) is 9.37 Å². The van der Waals surface area contributed by atoms with E-state index in [9.17, 15) is 14.0 Å². The molecule has 0 saturated heterocycles. The van der Waals surface area contributed by atoms with E-state index in [0.717, 1.165) is 5.56 Å². The highest BCUT2D eigenvalue weighted by molar-refractivity contribution is 6.31. The van der Waals surface area contributed by atoms with Gasteiger partial charge in [0.05, 0.1) is 27.9 Å². The predicted octanol–water partition coefficient (Wildman–Crippen LogP) is 3.14. The van der Waals surface area contributed by atoms with Gasteiger partial charge in [-0.3, -0.25) is 14.2 Å². The molecule has 0 atom stereocenters. The average Bonchev–Trinajstić information content (AvgIpc) is 2.55. The summed E-state index contributed by atoms with van der Waals surface area (Å²) in [5.74, 6) is -1.26. The van der Waals surface area contributed by atoms with Crippen LogP contribution in [0.3, 0.4) is 0 Å². The molecule has 0 aliphatic carbocycles. The summed E-state index contributed by atoms with van der Waals surface area (Å²) in [5.41, 5.74) is 1.11. The van der Waals surface area contributed by atoms with Gasteiger partial charge in [-0.15, -0.1) is 0 Å². The first-order chi connectivity index (χ1) is 11.5. The Morgan fingerprint density at radius 1 is 1.29 bits per heavy atom. The number of para-hydroxylation sites is 1. The van der Waals surface area contributed by atoms with Crippen LogP contribution in [-0.4, -0.2) is 15.5 Å². The fraction of sp³-hybridized carbons (Fsp3) is 0.118. The lowest BCUT2D eigenvalue weighted by molar-refractivity contribution is -0.116. The first-order valence-corrected chi connectivity index (χ1v) is 7.54. The first kappa shape index (κ1) is 16.1. The van der Waals surface area contributed by atoms with Crippen molar-refractivity contribution in [3.8, 4) is 0 Å². The van der Waals surface area contributed by atoms with Crippen molar-refractivity contribution in [3.05, 3.63) is 69.5 Å². The molecule has 3 rings (SSSR count). The van der Waals surface area contributed by atoms with Crippen molar-refractivity contribution in [2.45, 2.75) is 13.5 Å². The summed E-state index contributed by atoms with van der Waals surface area (Å²) in [7, 11) is 0. The molecule has 0 unspecified atom stereocenters. The van der Waals surface area contributed by atoms with Crippen LogP contribution in [0, 0.1) is 12.7 Å². The summed E-state index contributed by atoms with van der Waals surface area (Å²) in [5, 5.41) is 2.74. The summed E-state index contributed by atoms with van der Waals surface area (Å²) in [6.45, 7) is 1.58. The number of benzene rings is 2. The van der Waals surface area contributed by atoms with Crippen LogP contribution in [0.25, 0.3) is 10.9 Å². The van der Waals surface area contributed by atoms with E-state index in [1.54, 1.807) is 12.1 Å². The van der Waals surface area contributed by atoms with Gasteiger partial charge in [-0.2, -0.15) is 0 Å². The van der Waals surface area contributed by atoms with Gasteiger partial charge in [0.25, 0.3) is 5.56 Å². The van der Waals surface area contributed by atoms with Gasteiger partial charge in [0, 0.05) is 0 Å². The molecule has 0 aliphatic heterocycles. The van der Waals surface area contributed by atoms with E-state index in [4.69, 9.17) is 11.6 Å². The number of hydrogen-bond donors (Lipinski definition) is 1. The Labute approximate surface area is 141 Å². The molecule has 1 heterocycles. The fourth-order valence-corrected chi connectivity index (χ4v) is 2.57. The molecule has 2 aromatic carbocycles. The minimum Gasteiger partial charge on any atom is -0.322 e. The zero-order valence-corrected chi connectivity index (χ0v) is 13.5. The van der Waals surface area contributed by atoms with E-state index in [2.05, 4.69) is 10.3 Å². The minimum atomic E-state index is -0.716. The van der Waals surface area contributed by atoms with Gasteiger partial charge in [-0.1, -0.05) is 29.8 Å². The number of aromatic nitrogens is 2. The number of anilines is 1. The lowest BCUT2D eigenvalue weighted by atomic mass is 10.1. The number of aryl methyl sites for hydroxylation is 1. The molecule has 3 aromatic rings. The second-order valence-electron chi connectivity index (χ2n) is 5.30. The summed E-state index contributed by atoms with van der Waals surface area (Å²) in [6.07, 6.45) is 1.31. The van der Waals surface area contributed by atoms with Crippen molar-refractivity contribution < 1.29 is 9.18 Å². The third-order valence-corrected chi connectivity index (χ3v) is 3.89. The maximum Gasteiger partial charge on any atom is 0.261 e. The van der Waals surface area contributed by atoms with Crippen LogP contribution in [0.2, 0.25) is 5.02 Å². The highest BCUT2D eigenvalue weighted by Crippen LogP contribution is 2.21. The standard InChI is InChI=1S/C17H13ClFN3O2/c1-10-4-2-5-11-16(10)20-9-22(17(11)24)8-14(23)21-13-7-3-6-12(18)15(13)19/h2-7,9H,8H2,1H3,(H,21,23). The molecule has 0 spiro atoms. The van der Waals surface area contributed by atoms with Crippen LogP contribution in [0.1, 0.15) is 5.56 Å². The van der Waals surface area contributed by atoms with Crippen LogP contribution in [0.4, 0.5) is 10.1 Å². The van der Waals surface area contributed by atoms with Gasteiger partial charge in [0.1, 0.15) is 6.54 Å². The Hall–Kier alpha value is -2.73. The van der Waals surface area contributed by atoms with Gasteiger partial charge >= 0.3 is 0 Å². The van der Waals surface area contributed by atoms with Crippen LogP contribution in [-0.2, 0) is 11.3 Å². The molecule has 5 nitrogen and oxygen atoms in total. The second-order valence-corrected chi connectivity index (χ2v) is 5.71. The first-order valence-electron chi connectivity index (χ1n) is 7.16. The van der Waals surface area contributed by atoms with Gasteiger partial charge in [-0.05, 0) is 30.7 Å². The van der Waals surface area contributed by atoms with Crippen molar-refractivity contribution in [1.29, 1.82) is 0 Å². The number of rotatable bonds is 3. The lowest BCUT2D eigenvalue weighted by Gasteiger charge is -2.09. The van der Waals surface area contributed by atoms with E-state index in [1.165, 1.54) is 29.1 Å². The largest absolute Gasteiger partial charge is 0.322 e. The molecular formula is C17H13ClFN3O2. The highest BCUT2D eigenvalue weighted by Gasteiger charge is 2.12. The van der Waals surface area contributed by atoms with Gasteiger partial charge < -0.3 is 5.32 Å². The third-order valence-electron chi connectivity index (χ3n) is 3.59. The molecule has 0 fully saturated rings. The minimum absolute atomic E-state index is 0.0369. The summed E-state index contributed by atoms with van der Waals surface area (Å²) >= 11 is 5.67. The van der Waals surface area contributed by atoms with Crippen LogP contribution in [0.15, 0.2) is 47.5 Å². The normalized spacial score (nSPS) is 10.8. The monoisotopic (exact) mass is 345 g/mol. The van der Waals surface area contributed by atoms with Gasteiger partial charge in [0.2, 0.25) is 5.91 Å². The molecule has 1 amide bonds. The SMILES string of the molecule is Cc1cccc2c(=O)n(CC(=O)Nc3cccc(Cl)c3F)cnc12. The summed E-state index contributed by atoms with van der Waals surface area (Å²) in [6, 6.07) is 9.56. The quantitative estimate of drug-likeness (QED) is 0.793. The van der Waals surface area contributed by atoms with Gasteiger partial charge in [0.15, 0.2) is 5.82 Å². The molecule has 24 heavy (non-hydrogen) atoms. The molecule has 122 valence electrons. The zero-order valence-electron chi connectivity index (χ0n) is 12.7. The number of halogens is 2. The number of nitrogens with one attached hydrogen (secondary N) is 1. The van der Waals surface area contributed by atoms with Crippen molar-refractivity contribution in [2.75, 3.05) is 5.32 Å². The highest BCUT2D eigenvalue weighted by atomic mass is 35.5. The van der Waals surface area contributed by atoms with Crippen molar-refractivity contribution in [2.24, 2.45) is 0 Å². The van der Waals surface area contributed by atoms with E-state index in [-0.39, 0.29) is 22.8 Å². The number of amides is 1. The zero-order chi connectivity index (χ0) is 17.3. The van der Waals surface area contributed by atoms with E-state index in [1.807, 2.05) is 13.0 Å². The molecule has 0 saturated carbocycles. The molecular weight excluding hydrogens is 333 g/mol. The van der Waals surface area contributed by atoms with E-state index in [0.29, 0.717) is 10.9 Å². The molecule has 1 aromatic heterocycles. The number of carbonyl (C=O) groups excluding carboxylic acids is 1. The molecule has 0 bridgehead atoms. The van der Waals surface area contributed by atoms with Crippen molar-refractivity contribution in [3.63, 3.8) is 0 Å². The van der Waals surface area contributed by atoms with Crippen molar-refractivity contribution in [1.82, 2.24) is 9.55 Å². The van der Waals surface area contributed by atoms with Crippen LogP contribution < -0.4 is 10.9 Å². The smallest absolute Gasteiger partial charge is 0.261 e. The maximum absolute atomic E-state index is 13.8. The topological polar surface area (TPSA) is 64.0 Å². The number of hydrogen-bond acceptors (Lipinski definition) is 3.